The minimum absolute atomic E-state index is 0.0245. The molecule has 0 saturated carbocycles. The number of aromatic amines is 1. The molecule has 8 nitrogen and oxygen atoms in total. The van der Waals surface area contributed by atoms with Crippen molar-refractivity contribution in [1.29, 1.82) is 0 Å². The van der Waals surface area contributed by atoms with E-state index in [1.807, 2.05) is 0 Å². The Balaban J connectivity index is 1.59. The summed E-state index contributed by atoms with van der Waals surface area (Å²) in [7, 11) is 0. The molecule has 0 radical (unpaired) electrons. The number of amides is 1. The van der Waals surface area contributed by atoms with Gasteiger partial charge in [0, 0.05) is 22.7 Å². The number of aromatic nitrogens is 2. The standard InChI is InChI=1S/C20H18ClN3O5S/c1-2-28-18(26)7-14-11-30-20(23-14)24-19(27)15-8-16(25)17(9-22-15)29-10-12-3-5-13(21)6-4-12/h3-6,8-9,11H,2,7,10H2,1H3,(H,22,25)(H,23,24,27). The highest BCUT2D eigenvalue weighted by atomic mass is 35.5. The summed E-state index contributed by atoms with van der Waals surface area (Å²) in [5.41, 5.74) is 0.965. The van der Waals surface area contributed by atoms with Gasteiger partial charge in [0.05, 0.1) is 18.7 Å². The minimum Gasteiger partial charge on any atom is -0.483 e. The predicted molar refractivity (Wildman–Crippen MR) is 113 cm³/mol. The van der Waals surface area contributed by atoms with Crippen LogP contribution in [0.2, 0.25) is 5.02 Å². The zero-order valence-corrected chi connectivity index (χ0v) is 17.5. The maximum absolute atomic E-state index is 12.4. The summed E-state index contributed by atoms with van der Waals surface area (Å²) in [5.74, 6) is -0.833. The Morgan fingerprint density at radius 2 is 2.03 bits per heavy atom. The van der Waals surface area contributed by atoms with Crippen molar-refractivity contribution >= 4 is 39.9 Å². The van der Waals surface area contributed by atoms with Gasteiger partial charge >= 0.3 is 5.97 Å². The van der Waals surface area contributed by atoms with Crippen molar-refractivity contribution in [3.8, 4) is 5.75 Å². The molecule has 0 aliphatic heterocycles. The van der Waals surface area contributed by atoms with E-state index in [1.165, 1.54) is 17.5 Å². The first-order valence-electron chi connectivity index (χ1n) is 8.96. The fraction of sp³-hybridized carbons (Fsp3) is 0.200. The molecule has 3 aromatic rings. The fourth-order valence-electron chi connectivity index (χ4n) is 2.41. The average Bonchev–Trinajstić information content (AvgIpc) is 3.15. The molecule has 156 valence electrons. The van der Waals surface area contributed by atoms with Crippen molar-refractivity contribution in [2.45, 2.75) is 20.0 Å². The maximum Gasteiger partial charge on any atom is 0.311 e. The molecule has 0 unspecified atom stereocenters. The number of carbonyl (C=O) groups excluding carboxylic acids is 2. The predicted octanol–water partition coefficient (Wildman–Crippen LogP) is 3.42. The van der Waals surface area contributed by atoms with Gasteiger partial charge in [0.25, 0.3) is 5.91 Å². The van der Waals surface area contributed by atoms with Crippen LogP contribution in [0.15, 0.2) is 46.7 Å². The molecule has 0 aliphatic rings. The molecule has 1 amide bonds. The number of ether oxygens (including phenoxy) is 2. The van der Waals surface area contributed by atoms with Gasteiger partial charge in [0.2, 0.25) is 5.43 Å². The average molecular weight is 448 g/mol. The van der Waals surface area contributed by atoms with E-state index in [1.54, 1.807) is 36.6 Å². The fourth-order valence-corrected chi connectivity index (χ4v) is 3.25. The van der Waals surface area contributed by atoms with Gasteiger partial charge in [-0.3, -0.25) is 19.7 Å². The van der Waals surface area contributed by atoms with Gasteiger partial charge in [-0.15, -0.1) is 11.3 Å². The number of nitrogens with zero attached hydrogens (tertiary/aromatic N) is 1. The minimum atomic E-state index is -0.534. The third-order valence-corrected chi connectivity index (χ3v) is 4.89. The van der Waals surface area contributed by atoms with Crippen molar-refractivity contribution in [2.24, 2.45) is 0 Å². The van der Waals surface area contributed by atoms with E-state index in [-0.39, 0.29) is 30.4 Å². The van der Waals surface area contributed by atoms with Crippen LogP contribution in [-0.2, 0) is 22.6 Å². The molecule has 30 heavy (non-hydrogen) atoms. The van der Waals surface area contributed by atoms with Crippen LogP contribution in [0.25, 0.3) is 0 Å². The van der Waals surface area contributed by atoms with Crippen LogP contribution >= 0.6 is 22.9 Å². The molecule has 0 fully saturated rings. The molecule has 0 saturated heterocycles. The third kappa shape index (κ3) is 5.91. The van der Waals surface area contributed by atoms with Crippen LogP contribution in [0, 0.1) is 0 Å². The molecular weight excluding hydrogens is 430 g/mol. The quantitative estimate of drug-likeness (QED) is 0.512. The van der Waals surface area contributed by atoms with E-state index in [0.29, 0.717) is 22.5 Å². The lowest BCUT2D eigenvalue weighted by Gasteiger charge is -2.07. The molecule has 0 spiro atoms. The third-order valence-electron chi connectivity index (χ3n) is 3.83. The summed E-state index contributed by atoms with van der Waals surface area (Å²) in [6, 6.07) is 8.20. The summed E-state index contributed by atoms with van der Waals surface area (Å²) in [4.78, 5) is 43.0. The van der Waals surface area contributed by atoms with Crippen LogP contribution in [0.4, 0.5) is 5.13 Å². The van der Waals surface area contributed by atoms with Crippen LogP contribution < -0.4 is 15.5 Å². The first kappa shape index (κ1) is 21.5. The van der Waals surface area contributed by atoms with Crippen LogP contribution in [0.3, 0.4) is 0 Å². The second kappa shape index (κ2) is 10.0. The number of pyridine rings is 1. The van der Waals surface area contributed by atoms with Gasteiger partial charge in [0.15, 0.2) is 10.9 Å². The van der Waals surface area contributed by atoms with E-state index >= 15 is 0 Å². The molecular formula is C20H18ClN3O5S. The van der Waals surface area contributed by atoms with Crippen molar-refractivity contribution in [3.63, 3.8) is 0 Å². The van der Waals surface area contributed by atoms with E-state index < -0.39 is 11.3 Å². The van der Waals surface area contributed by atoms with Gasteiger partial charge < -0.3 is 14.5 Å². The first-order valence-corrected chi connectivity index (χ1v) is 10.2. The lowest BCUT2D eigenvalue weighted by Crippen LogP contribution is -2.18. The summed E-state index contributed by atoms with van der Waals surface area (Å²) in [5, 5.41) is 5.16. The monoisotopic (exact) mass is 447 g/mol. The van der Waals surface area contributed by atoms with Gasteiger partial charge in [-0.1, -0.05) is 23.7 Å². The normalized spacial score (nSPS) is 10.5. The summed E-state index contributed by atoms with van der Waals surface area (Å²) in [6.45, 7) is 2.20. The highest BCUT2D eigenvalue weighted by Crippen LogP contribution is 2.17. The largest absolute Gasteiger partial charge is 0.483 e. The zero-order valence-electron chi connectivity index (χ0n) is 15.9. The number of halogens is 1. The molecule has 0 aliphatic carbocycles. The van der Waals surface area contributed by atoms with Crippen molar-refractivity contribution in [2.75, 3.05) is 11.9 Å². The molecule has 2 aromatic heterocycles. The second-order valence-electron chi connectivity index (χ2n) is 6.07. The number of esters is 1. The second-order valence-corrected chi connectivity index (χ2v) is 7.36. The Morgan fingerprint density at radius 3 is 2.73 bits per heavy atom. The van der Waals surface area contributed by atoms with Crippen molar-refractivity contribution < 1.29 is 19.1 Å². The number of rotatable bonds is 8. The number of thiazole rings is 1. The van der Waals surface area contributed by atoms with Crippen LogP contribution in [-0.4, -0.2) is 28.5 Å². The Bertz CT molecular complexity index is 1090. The van der Waals surface area contributed by atoms with Gasteiger partial charge in [0.1, 0.15) is 12.3 Å². The molecule has 10 heteroatoms. The number of carbonyl (C=O) groups is 2. The van der Waals surface area contributed by atoms with E-state index in [9.17, 15) is 14.4 Å². The van der Waals surface area contributed by atoms with E-state index in [4.69, 9.17) is 21.1 Å². The molecule has 2 N–H and O–H groups in total. The number of benzene rings is 1. The SMILES string of the molecule is CCOC(=O)Cc1csc(NC(=O)c2cc(=O)c(OCc3ccc(Cl)cc3)c[nH]2)n1. The van der Waals surface area contributed by atoms with Crippen LogP contribution in [0.1, 0.15) is 28.7 Å². The number of anilines is 1. The van der Waals surface area contributed by atoms with E-state index in [0.717, 1.165) is 11.6 Å². The first-order chi connectivity index (χ1) is 14.4. The van der Waals surface area contributed by atoms with Crippen molar-refractivity contribution in [3.05, 3.63) is 74.1 Å². The number of H-pyrrole nitrogens is 1. The van der Waals surface area contributed by atoms with Crippen molar-refractivity contribution in [1.82, 2.24) is 9.97 Å². The highest BCUT2D eigenvalue weighted by molar-refractivity contribution is 7.14. The number of hydrogen-bond acceptors (Lipinski definition) is 7. The maximum atomic E-state index is 12.4. The number of nitrogens with one attached hydrogen (secondary N) is 2. The molecule has 3 rings (SSSR count). The summed E-state index contributed by atoms with van der Waals surface area (Å²) < 4.78 is 10.4. The lowest BCUT2D eigenvalue weighted by molar-refractivity contribution is -0.142. The number of hydrogen-bond donors (Lipinski definition) is 2. The lowest BCUT2D eigenvalue weighted by atomic mass is 10.2. The Kier molecular flexibility index (Phi) is 7.21. The summed E-state index contributed by atoms with van der Waals surface area (Å²) >= 11 is 7.01. The van der Waals surface area contributed by atoms with Gasteiger partial charge in [-0.25, -0.2) is 4.98 Å². The molecule has 0 atom stereocenters. The van der Waals surface area contributed by atoms with Gasteiger partial charge in [-0.05, 0) is 24.6 Å². The summed E-state index contributed by atoms with van der Waals surface area (Å²) in [6.07, 6.45) is 1.36. The topological polar surface area (TPSA) is 110 Å². The molecule has 1 aromatic carbocycles. The Labute approximate surface area is 180 Å². The molecule has 0 bridgehead atoms. The Morgan fingerprint density at radius 1 is 1.27 bits per heavy atom. The van der Waals surface area contributed by atoms with Crippen LogP contribution in [0.5, 0.6) is 5.75 Å². The Hall–Kier alpha value is -3.17. The smallest absolute Gasteiger partial charge is 0.311 e. The van der Waals surface area contributed by atoms with Gasteiger partial charge in [-0.2, -0.15) is 0 Å². The highest BCUT2D eigenvalue weighted by Gasteiger charge is 2.14. The molecule has 2 heterocycles. The zero-order chi connectivity index (χ0) is 21.5. The van der Waals surface area contributed by atoms with E-state index in [2.05, 4.69) is 15.3 Å².